The monoisotopic (exact) mass is 255 g/mol. The van der Waals surface area contributed by atoms with Crippen LogP contribution in [0.5, 0.6) is 0 Å². The van der Waals surface area contributed by atoms with Crippen molar-refractivity contribution in [3.63, 3.8) is 0 Å². The van der Waals surface area contributed by atoms with Gasteiger partial charge in [-0.3, -0.25) is 0 Å². The van der Waals surface area contributed by atoms with E-state index in [-0.39, 0.29) is 0 Å². The molecule has 0 amide bonds. The predicted octanol–water partition coefficient (Wildman–Crippen LogP) is 3.45. The van der Waals surface area contributed by atoms with E-state index in [9.17, 15) is 0 Å². The van der Waals surface area contributed by atoms with Gasteiger partial charge in [0, 0.05) is 16.3 Å². The molecule has 0 N–H and O–H groups in total. The summed E-state index contributed by atoms with van der Waals surface area (Å²) in [4.78, 5) is 4.78. The highest BCUT2D eigenvalue weighted by Crippen LogP contribution is 2.30. The number of rotatable bonds is 1. The van der Waals surface area contributed by atoms with Gasteiger partial charge in [0.15, 0.2) is 0 Å². The van der Waals surface area contributed by atoms with Crippen LogP contribution in [0.15, 0.2) is 77.8 Å². The summed E-state index contributed by atoms with van der Waals surface area (Å²) in [6.45, 7) is 0. The lowest BCUT2D eigenvalue weighted by Gasteiger charge is -1.98. The molecule has 20 heavy (non-hydrogen) atoms. The summed E-state index contributed by atoms with van der Waals surface area (Å²) in [5, 5.41) is 2.25. The van der Waals surface area contributed by atoms with Crippen molar-refractivity contribution < 1.29 is 0 Å². The van der Waals surface area contributed by atoms with Crippen LogP contribution in [0.25, 0.3) is 17.2 Å². The van der Waals surface area contributed by atoms with E-state index in [2.05, 4.69) is 66.7 Å². The minimum atomic E-state index is 1.07. The molecule has 0 unspecified atom stereocenters. The Morgan fingerprint density at radius 1 is 0.650 bits per heavy atom. The van der Waals surface area contributed by atoms with E-state index < -0.39 is 0 Å². The Morgan fingerprint density at radius 3 is 2.30 bits per heavy atom. The first-order valence-corrected chi connectivity index (χ1v) is 6.76. The Morgan fingerprint density at radius 2 is 1.40 bits per heavy atom. The molecule has 0 aromatic heterocycles. The molecule has 3 aromatic rings. The molecular weight excluding hydrogens is 242 g/mol. The van der Waals surface area contributed by atoms with Crippen molar-refractivity contribution >= 4 is 11.8 Å². The van der Waals surface area contributed by atoms with E-state index in [1.807, 2.05) is 12.1 Å². The Bertz CT molecular complexity index is 893. The van der Waals surface area contributed by atoms with Crippen molar-refractivity contribution in [2.24, 2.45) is 4.99 Å². The first-order valence-electron chi connectivity index (χ1n) is 6.76. The van der Waals surface area contributed by atoms with Crippen LogP contribution in [0.3, 0.4) is 0 Å². The fraction of sp³-hybridized carbons (Fsp3) is 0. The molecule has 1 aliphatic heterocycles. The molecule has 4 rings (SSSR count). The highest BCUT2D eigenvalue weighted by molar-refractivity contribution is 5.79. The third-order valence-electron chi connectivity index (χ3n) is 3.62. The molecule has 0 bridgehead atoms. The van der Waals surface area contributed by atoms with Gasteiger partial charge in [0.2, 0.25) is 0 Å². The van der Waals surface area contributed by atoms with Crippen LogP contribution < -0.4 is 10.6 Å². The molecule has 1 nitrogen and oxygen atoms in total. The zero-order chi connectivity index (χ0) is 13.4. The second-order valence-corrected chi connectivity index (χ2v) is 4.93. The summed E-state index contributed by atoms with van der Waals surface area (Å²) in [7, 11) is 0. The van der Waals surface area contributed by atoms with Gasteiger partial charge in [-0.15, -0.1) is 0 Å². The van der Waals surface area contributed by atoms with Crippen LogP contribution in [0.2, 0.25) is 0 Å². The lowest BCUT2D eigenvalue weighted by atomic mass is 10.0. The van der Waals surface area contributed by atoms with Crippen LogP contribution in [-0.4, -0.2) is 0 Å². The zero-order valence-corrected chi connectivity index (χ0v) is 11.0. The molecule has 0 atom stereocenters. The van der Waals surface area contributed by atoms with E-state index in [1.54, 1.807) is 0 Å². The Kier molecular flexibility index (Phi) is 2.49. The topological polar surface area (TPSA) is 12.4 Å². The summed E-state index contributed by atoms with van der Waals surface area (Å²) < 4.78 is 0. The first kappa shape index (κ1) is 11.2. The van der Waals surface area contributed by atoms with Crippen molar-refractivity contribution in [1.29, 1.82) is 0 Å². The SMILES string of the molecule is C(c1ccccc1)=c1cccc2c1=Nc1ccccc1-2. The second-order valence-electron chi connectivity index (χ2n) is 4.93. The van der Waals surface area contributed by atoms with Crippen LogP contribution >= 0.6 is 0 Å². The Balaban J connectivity index is 2.00. The lowest BCUT2D eigenvalue weighted by Crippen LogP contribution is -2.24. The number of para-hydroxylation sites is 2. The molecule has 0 saturated heterocycles. The van der Waals surface area contributed by atoms with Crippen molar-refractivity contribution in [2.75, 3.05) is 0 Å². The number of fused-ring (bicyclic) bond motifs is 3. The highest BCUT2D eigenvalue weighted by Gasteiger charge is 2.12. The minimum Gasteiger partial charge on any atom is -0.247 e. The third kappa shape index (κ3) is 1.76. The van der Waals surface area contributed by atoms with Crippen LogP contribution in [0.1, 0.15) is 5.56 Å². The number of hydrogen-bond donors (Lipinski definition) is 0. The molecule has 0 spiro atoms. The van der Waals surface area contributed by atoms with E-state index in [1.165, 1.54) is 21.9 Å². The Labute approximate surface area is 117 Å². The van der Waals surface area contributed by atoms with E-state index >= 15 is 0 Å². The van der Waals surface area contributed by atoms with Gasteiger partial charge in [0.05, 0.1) is 11.0 Å². The predicted molar refractivity (Wildman–Crippen MR) is 82.3 cm³/mol. The normalized spacial score (nSPS) is 12.7. The number of benzene rings is 3. The molecule has 1 heteroatoms. The van der Waals surface area contributed by atoms with Crippen LogP contribution in [0.4, 0.5) is 5.69 Å². The smallest absolute Gasteiger partial charge is 0.0788 e. The summed E-state index contributed by atoms with van der Waals surface area (Å²) >= 11 is 0. The van der Waals surface area contributed by atoms with Crippen molar-refractivity contribution in [3.05, 3.63) is 88.9 Å². The van der Waals surface area contributed by atoms with E-state index in [0.717, 1.165) is 11.0 Å². The fourth-order valence-electron chi connectivity index (χ4n) is 2.67. The molecular formula is C19H13N. The minimum absolute atomic E-state index is 1.07. The number of hydrogen-bond acceptors (Lipinski definition) is 1. The van der Waals surface area contributed by atoms with Gasteiger partial charge in [-0.25, -0.2) is 4.99 Å². The van der Waals surface area contributed by atoms with Gasteiger partial charge in [0.25, 0.3) is 0 Å². The molecule has 0 saturated carbocycles. The molecule has 94 valence electrons. The zero-order valence-electron chi connectivity index (χ0n) is 11.0. The Hall–Kier alpha value is -2.67. The molecule has 0 fully saturated rings. The summed E-state index contributed by atoms with van der Waals surface area (Å²) in [5.74, 6) is 0. The van der Waals surface area contributed by atoms with Crippen LogP contribution in [-0.2, 0) is 0 Å². The maximum absolute atomic E-state index is 4.78. The van der Waals surface area contributed by atoms with Gasteiger partial charge in [-0.05, 0) is 17.7 Å². The standard InChI is InChI=1S/C19H13N/c1-2-7-14(8-3-1)13-15-9-6-11-17-16-10-4-5-12-18(16)20-19(15)17/h1-13H. The molecule has 0 aliphatic carbocycles. The van der Waals surface area contributed by atoms with Gasteiger partial charge >= 0.3 is 0 Å². The van der Waals surface area contributed by atoms with E-state index in [4.69, 9.17) is 4.99 Å². The second kappa shape index (κ2) is 4.46. The molecule has 1 aliphatic rings. The molecule has 0 radical (unpaired) electrons. The van der Waals surface area contributed by atoms with Gasteiger partial charge < -0.3 is 0 Å². The average Bonchev–Trinajstić information content (AvgIpc) is 2.88. The molecule has 3 aromatic carbocycles. The quantitative estimate of drug-likeness (QED) is 0.494. The van der Waals surface area contributed by atoms with Crippen molar-refractivity contribution in [3.8, 4) is 11.1 Å². The fourth-order valence-corrected chi connectivity index (χ4v) is 2.67. The summed E-state index contributed by atoms with van der Waals surface area (Å²) in [6.07, 6.45) is 2.19. The van der Waals surface area contributed by atoms with Crippen molar-refractivity contribution in [1.82, 2.24) is 0 Å². The van der Waals surface area contributed by atoms with Gasteiger partial charge in [0.1, 0.15) is 0 Å². The maximum atomic E-state index is 4.78. The molecule has 1 heterocycles. The van der Waals surface area contributed by atoms with Gasteiger partial charge in [-0.1, -0.05) is 66.7 Å². The number of nitrogens with zero attached hydrogens (tertiary/aromatic N) is 1. The first-order chi connectivity index (χ1) is 9.92. The third-order valence-corrected chi connectivity index (χ3v) is 3.62. The van der Waals surface area contributed by atoms with Crippen molar-refractivity contribution in [2.45, 2.75) is 0 Å². The highest BCUT2D eigenvalue weighted by atomic mass is 14.8. The van der Waals surface area contributed by atoms with Crippen LogP contribution in [0, 0.1) is 0 Å². The average molecular weight is 255 g/mol. The lowest BCUT2D eigenvalue weighted by molar-refractivity contribution is 1.37. The summed E-state index contributed by atoms with van der Waals surface area (Å²) in [6, 6.07) is 25.1. The largest absolute Gasteiger partial charge is 0.247 e. The van der Waals surface area contributed by atoms with E-state index in [0.29, 0.717) is 0 Å². The summed E-state index contributed by atoms with van der Waals surface area (Å²) in [5.41, 5.74) is 4.72. The van der Waals surface area contributed by atoms with Gasteiger partial charge in [-0.2, -0.15) is 0 Å². The maximum Gasteiger partial charge on any atom is 0.0788 e.